The van der Waals surface area contributed by atoms with Gasteiger partial charge in [-0.25, -0.2) is 4.39 Å². The summed E-state index contributed by atoms with van der Waals surface area (Å²) in [5.41, 5.74) is 0.854. The summed E-state index contributed by atoms with van der Waals surface area (Å²) >= 11 is 3.30. The Kier molecular flexibility index (Phi) is 4.79. The molecule has 18 heavy (non-hydrogen) atoms. The van der Waals surface area contributed by atoms with Crippen molar-refractivity contribution in [2.24, 2.45) is 11.8 Å². The normalized spacial score (nSPS) is 27.7. The summed E-state index contributed by atoms with van der Waals surface area (Å²) in [5, 5.41) is 3.53. The zero-order valence-corrected chi connectivity index (χ0v) is 12.6. The summed E-state index contributed by atoms with van der Waals surface area (Å²) < 4.78 is 14.6. The number of hydrogen-bond acceptors (Lipinski definition) is 1. The summed E-state index contributed by atoms with van der Waals surface area (Å²) in [7, 11) is 0. The third-order valence-corrected chi connectivity index (χ3v) is 4.68. The highest BCUT2D eigenvalue weighted by molar-refractivity contribution is 9.10. The van der Waals surface area contributed by atoms with Crippen LogP contribution >= 0.6 is 15.9 Å². The lowest BCUT2D eigenvalue weighted by Gasteiger charge is -2.21. The lowest BCUT2D eigenvalue weighted by Crippen LogP contribution is -2.32. The van der Waals surface area contributed by atoms with E-state index in [1.807, 2.05) is 12.1 Å². The fourth-order valence-electron chi connectivity index (χ4n) is 3.06. The first-order chi connectivity index (χ1) is 8.61. The van der Waals surface area contributed by atoms with Gasteiger partial charge in [0.1, 0.15) is 5.82 Å². The van der Waals surface area contributed by atoms with Gasteiger partial charge in [-0.2, -0.15) is 0 Å². The van der Waals surface area contributed by atoms with Gasteiger partial charge >= 0.3 is 0 Å². The van der Waals surface area contributed by atoms with E-state index in [9.17, 15) is 4.39 Å². The van der Waals surface area contributed by atoms with Gasteiger partial charge in [0.25, 0.3) is 0 Å². The fourth-order valence-corrected chi connectivity index (χ4v) is 3.39. The van der Waals surface area contributed by atoms with Crippen LogP contribution < -0.4 is 5.32 Å². The Morgan fingerprint density at radius 2 is 2.17 bits per heavy atom. The third kappa shape index (κ3) is 3.12. The van der Waals surface area contributed by atoms with Crippen LogP contribution in [0.4, 0.5) is 4.39 Å². The van der Waals surface area contributed by atoms with Crippen LogP contribution in [-0.2, 0) is 6.42 Å². The maximum atomic E-state index is 13.8. The lowest BCUT2D eigenvalue weighted by atomic mass is 9.89. The summed E-state index contributed by atoms with van der Waals surface area (Å²) in [6.07, 6.45) is 3.29. The Balaban J connectivity index is 2.02. The van der Waals surface area contributed by atoms with E-state index in [1.54, 1.807) is 6.07 Å². The second-order valence-corrected chi connectivity index (χ2v) is 6.22. The fraction of sp³-hybridized carbons (Fsp3) is 0.600. The molecule has 1 aliphatic carbocycles. The Hall–Kier alpha value is -0.410. The molecular formula is C15H21BrFN. The topological polar surface area (TPSA) is 12.0 Å². The Bertz CT molecular complexity index is 407. The third-order valence-electron chi connectivity index (χ3n) is 4.19. The highest BCUT2D eigenvalue weighted by Gasteiger charge is 2.32. The molecule has 3 heteroatoms. The molecule has 3 unspecified atom stereocenters. The molecule has 1 nitrogen and oxygen atoms in total. The number of halogens is 2. The maximum absolute atomic E-state index is 13.8. The van der Waals surface area contributed by atoms with Crippen LogP contribution in [0.15, 0.2) is 22.7 Å². The number of nitrogens with one attached hydrogen (secondary N) is 1. The molecule has 100 valence electrons. The van der Waals surface area contributed by atoms with Crippen LogP contribution in [0.25, 0.3) is 0 Å². The van der Waals surface area contributed by atoms with Gasteiger partial charge in [0.2, 0.25) is 0 Å². The molecule has 0 aromatic heterocycles. The predicted molar refractivity (Wildman–Crippen MR) is 77.2 cm³/mol. The van der Waals surface area contributed by atoms with Crippen molar-refractivity contribution in [2.45, 2.75) is 39.2 Å². The van der Waals surface area contributed by atoms with Crippen LogP contribution in [0.3, 0.4) is 0 Å². The van der Waals surface area contributed by atoms with E-state index in [0.717, 1.165) is 23.0 Å². The molecule has 0 bridgehead atoms. The molecule has 1 N–H and O–H groups in total. The molecule has 0 aliphatic heterocycles. The quantitative estimate of drug-likeness (QED) is 0.880. The smallest absolute Gasteiger partial charge is 0.127 e. The lowest BCUT2D eigenvalue weighted by molar-refractivity contribution is 0.352. The zero-order valence-electron chi connectivity index (χ0n) is 11.0. The molecule has 0 spiro atoms. The van der Waals surface area contributed by atoms with Gasteiger partial charge in [0, 0.05) is 10.5 Å². The molecule has 0 radical (unpaired) electrons. The molecule has 2 rings (SSSR count). The standard InChI is InChI=1S/C15H21BrFN/c1-3-18-15-7-5-11(10(15)2)8-12-4-6-13(16)9-14(12)17/h4,6,9-11,15,18H,3,5,7-8H2,1-2H3. The molecular weight excluding hydrogens is 293 g/mol. The van der Waals surface area contributed by atoms with Crippen molar-refractivity contribution in [3.05, 3.63) is 34.1 Å². The molecule has 1 fully saturated rings. The van der Waals surface area contributed by atoms with E-state index in [2.05, 4.69) is 35.1 Å². The second kappa shape index (κ2) is 6.16. The first-order valence-corrected chi connectivity index (χ1v) is 7.58. The SMILES string of the molecule is CCNC1CCC(Cc2ccc(Br)cc2F)C1C. The molecule has 1 aromatic carbocycles. The van der Waals surface area contributed by atoms with Gasteiger partial charge in [-0.1, -0.05) is 35.8 Å². The Labute approximate surface area is 117 Å². The van der Waals surface area contributed by atoms with E-state index in [-0.39, 0.29) is 5.82 Å². The van der Waals surface area contributed by atoms with E-state index >= 15 is 0 Å². The van der Waals surface area contributed by atoms with Gasteiger partial charge in [0.05, 0.1) is 0 Å². The van der Waals surface area contributed by atoms with Crippen molar-refractivity contribution in [1.82, 2.24) is 5.32 Å². The summed E-state index contributed by atoms with van der Waals surface area (Å²) in [6, 6.07) is 6.02. The molecule has 3 atom stereocenters. The average molecular weight is 314 g/mol. The molecule has 0 heterocycles. The van der Waals surface area contributed by atoms with E-state index in [0.29, 0.717) is 17.9 Å². The largest absolute Gasteiger partial charge is 0.314 e. The number of hydrogen-bond donors (Lipinski definition) is 1. The minimum absolute atomic E-state index is 0.0801. The van der Waals surface area contributed by atoms with Crippen molar-refractivity contribution in [3.8, 4) is 0 Å². The second-order valence-electron chi connectivity index (χ2n) is 5.30. The van der Waals surface area contributed by atoms with E-state index in [4.69, 9.17) is 0 Å². The summed E-state index contributed by atoms with van der Waals surface area (Å²) in [4.78, 5) is 0. The van der Waals surface area contributed by atoms with E-state index in [1.165, 1.54) is 12.8 Å². The first-order valence-electron chi connectivity index (χ1n) is 6.79. The zero-order chi connectivity index (χ0) is 13.1. The van der Waals surface area contributed by atoms with Crippen LogP contribution in [0.1, 0.15) is 32.3 Å². The molecule has 0 saturated heterocycles. The van der Waals surface area contributed by atoms with Crippen molar-refractivity contribution >= 4 is 15.9 Å². The molecule has 1 aromatic rings. The van der Waals surface area contributed by atoms with Gasteiger partial charge in [-0.3, -0.25) is 0 Å². The van der Waals surface area contributed by atoms with Gasteiger partial charge in [-0.05, 0) is 55.3 Å². The monoisotopic (exact) mass is 313 g/mol. The number of benzene rings is 1. The van der Waals surface area contributed by atoms with E-state index < -0.39 is 0 Å². The minimum Gasteiger partial charge on any atom is -0.314 e. The van der Waals surface area contributed by atoms with Crippen molar-refractivity contribution < 1.29 is 4.39 Å². The maximum Gasteiger partial charge on any atom is 0.127 e. The van der Waals surface area contributed by atoms with Gasteiger partial charge in [-0.15, -0.1) is 0 Å². The molecule has 0 amide bonds. The van der Waals surface area contributed by atoms with Crippen LogP contribution in [0.2, 0.25) is 0 Å². The van der Waals surface area contributed by atoms with Crippen molar-refractivity contribution in [1.29, 1.82) is 0 Å². The van der Waals surface area contributed by atoms with Crippen molar-refractivity contribution in [2.75, 3.05) is 6.54 Å². The summed E-state index contributed by atoms with van der Waals surface area (Å²) in [5.74, 6) is 1.15. The van der Waals surface area contributed by atoms with Crippen molar-refractivity contribution in [3.63, 3.8) is 0 Å². The van der Waals surface area contributed by atoms with Crippen LogP contribution in [-0.4, -0.2) is 12.6 Å². The highest BCUT2D eigenvalue weighted by Crippen LogP contribution is 2.34. The first kappa shape index (κ1) is 14.0. The predicted octanol–water partition coefficient (Wildman–Crippen LogP) is 4.15. The average Bonchev–Trinajstić information content (AvgIpc) is 2.66. The van der Waals surface area contributed by atoms with Crippen LogP contribution in [0.5, 0.6) is 0 Å². The molecule has 1 saturated carbocycles. The highest BCUT2D eigenvalue weighted by atomic mass is 79.9. The summed E-state index contributed by atoms with van der Waals surface area (Å²) in [6.45, 7) is 5.46. The van der Waals surface area contributed by atoms with Gasteiger partial charge < -0.3 is 5.32 Å². The molecule has 1 aliphatic rings. The van der Waals surface area contributed by atoms with Crippen LogP contribution in [0, 0.1) is 17.7 Å². The Morgan fingerprint density at radius 3 is 2.83 bits per heavy atom. The minimum atomic E-state index is -0.0801. The Morgan fingerprint density at radius 1 is 1.39 bits per heavy atom. The van der Waals surface area contributed by atoms with Gasteiger partial charge in [0.15, 0.2) is 0 Å². The number of rotatable bonds is 4.